The van der Waals surface area contributed by atoms with Crippen LogP contribution >= 0.6 is 15.9 Å². The van der Waals surface area contributed by atoms with Crippen LogP contribution in [0.1, 0.15) is 17.5 Å². The molecular formula is C12H16BrNO. The molecule has 0 saturated carbocycles. The van der Waals surface area contributed by atoms with Crippen LogP contribution in [0.5, 0.6) is 0 Å². The molecule has 1 heterocycles. The van der Waals surface area contributed by atoms with Crippen LogP contribution in [-0.4, -0.2) is 19.3 Å². The second-order valence-electron chi connectivity index (χ2n) is 3.99. The summed E-state index contributed by atoms with van der Waals surface area (Å²) in [6, 6.07) is 6.89. The maximum Gasteiger partial charge on any atom is 0.0620 e. The van der Waals surface area contributed by atoms with E-state index in [1.165, 1.54) is 15.6 Å². The van der Waals surface area contributed by atoms with E-state index in [4.69, 9.17) is 4.74 Å². The molecule has 0 unspecified atom stereocenters. The Kier molecular flexibility index (Phi) is 3.78. The second-order valence-corrected chi connectivity index (χ2v) is 4.78. The minimum Gasteiger partial charge on any atom is -0.380 e. The lowest BCUT2D eigenvalue weighted by atomic mass is 10.1. The highest BCUT2D eigenvalue weighted by Crippen LogP contribution is 2.21. The van der Waals surface area contributed by atoms with E-state index in [-0.39, 0.29) is 0 Å². The van der Waals surface area contributed by atoms with Gasteiger partial charge in [-0.1, -0.05) is 34.1 Å². The van der Waals surface area contributed by atoms with Crippen molar-refractivity contribution in [1.82, 2.24) is 5.32 Å². The largest absolute Gasteiger partial charge is 0.380 e. The maximum atomic E-state index is 5.33. The van der Waals surface area contributed by atoms with Crippen molar-refractivity contribution in [2.75, 3.05) is 13.2 Å². The summed E-state index contributed by atoms with van der Waals surface area (Å²) < 4.78 is 6.54. The predicted octanol–water partition coefficient (Wildman–Crippen LogP) is 2.64. The van der Waals surface area contributed by atoms with E-state index in [1.807, 2.05) is 0 Å². The SMILES string of the molecule is Cc1cccc(CN[C@@H]2CCOC2)c1Br. The van der Waals surface area contributed by atoms with Gasteiger partial charge in [-0.3, -0.25) is 0 Å². The Bertz CT molecular complexity index is 334. The minimum atomic E-state index is 0.525. The average Bonchev–Trinajstić information content (AvgIpc) is 2.73. The Balaban J connectivity index is 1.95. The van der Waals surface area contributed by atoms with Crippen molar-refractivity contribution in [2.24, 2.45) is 0 Å². The number of ether oxygens (including phenoxy) is 1. The molecule has 2 nitrogen and oxygen atoms in total. The lowest BCUT2D eigenvalue weighted by Gasteiger charge is -2.12. The molecule has 0 bridgehead atoms. The van der Waals surface area contributed by atoms with Gasteiger partial charge in [0.2, 0.25) is 0 Å². The Morgan fingerprint density at radius 2 is 2.40 bits per heavy atom. The molecule has 1 aromatic rings. The van der Waals surface area contributed by atoms with Gasteiger partial charge in [0.1, 0.15) is 0 Å². The average molecular weight is 270 g/mol. The van der Waals surface area contributed by atoms with Crippen LogP contribution in [0.15, 0.2) is 22.7 Å². The number of benzene rings is 1. The molecule has 1 saturated heterocycles. The smallest absolute Gasteiger partial charge is 0.0620 e. The molecule has 82 valence electrons. The number of hydrogen-bond acceptors (Lipinski definition) is 2. The summed E-state index contributed by atoms with van der Waals surface area (Å²) >= 11 is 3.62. The van der Waals surface area contributed by atoms with E-state index < -0.39 is 0 Å². The molecule has 3 heteroatoms. The van der Waals surface area contributed by atoms with Gasteiger partial charge in [-0.15, -0.1) is 0 Å². The molecule has 0 spiro atoms. The summed E-state index contributed by atoms with van der Waals surface area (Å²) in [4.78, 5) is 0. The van der Waals surface area contributed by atoms with Crippen molar-refractivity contribution in [2.45, 2.75) is 25.9 Å². The molecule has 2 rings (SSSR count). The van der Waals surface area contributed by atoms with Gasteiger partial charge >= 0.3 is 0 Å². The number of rotatable bonds is 3. The third-order valence-electron chi connectivity index (χ3n) is 2.78. The van der Waals surface area contributed by atoms with E-state index in [2.05, 4.69) is 46.4 Å². The van der Waals surface area contributed by atoms with Crippen LogP contribution in [0.3, 0.4) is 0 Å². The van der Waals surface area contributed by atoms with Gasteiger partial charge in [0.25, 0.3) is 0 Å². The van der Waals surface area contributed by atoms with Crippen molar-refractivity contribution in [3.05, 3.63) is 33.8 Å². The molecule has 1 aromatic carbocycles. The second kappa shape index (κ2) is 5.10. The number of hydrogen-bond donors (Lipinski definition) is 1. The molecular weight excluding hydrogens is 254 g/mol. The Morgan fingerprint density at radius 3 is 3.13 bits per heavy atom. The van der Waals surface area contributed by atoms with Crippen molar-refractivity contribution in [1.29, 1.82) is 0 Å². The van der Waals surface area contributed by atoms with Crippen LogP contribution in [-0.2, 0) is 11.3 Å². The zero-order valence-corrected chi connectivity index (χ0v) is 10.5. The molecule has 1 fully saturated rings. The van der Waals surface area contributed by atoms with Gasteiger partial charge in [-0.2, -0.15) is 0 Å². The summed E-state index contributed by atoms with van der Waals surface area (Å²) in [7, 11) is 0. The Labute approximate surface area is 99.1 Å². The van der Waals surface area contributed by atoms with Crippen molar-refractivity contribution in [3.8, 4) is 0 Å². The van der Waals surface area contributed by atoms with Gasteiger partial charge in [0, 0.05) is 23.7 Å². The third kappa shape index (κ3) is 2.80. The molecule has 0 amide bonds. The van der Waals surface area contributed by atoms with Crippen LogP contribution in [0.4, 0.5) is 0 Å². The molecule has 0 radical (unpaired) electrons. The van der Waals surface area contributed by atoms with E-state index in [0.29, 0.717) is 6.04 Å². The first kappa shape index (κ1) is 11.1. The fourth-order valence-electron chi connectivity index (χ4n) is 1.79. The van der Waals surface area contributed by atoms with E-state index in [1.54, 1.807) is 0 Å². The number of aryl methyl sites for hydroxylation is 1. The Hall–Kier alpha value is -0.380. The monoisotopic (exact) mass is 269 g/mol. The topological polar surface area (TPSA) is 21.3 Å². The zero-order chi connectivity index (χ0) is 10.7. The highest BCUT2D eigenvalue weighted by molar-refractivity contribution is 9.10. The van der Waals surface area contributed by atoms with Gasteiger partial charge in [-0.25, -0.2) is 0 Å². The first-order valence-electron chi connectivity index (χ1n) is 5.32. The third-order valence-corrected chi connectivity index (χ3v) is 3.92. The van der Waals surface area contributed by atoms with Crippen molar-refractivity contribution >= 4 is 15.9 Å². The summed E-state index contributed by atoms with van der Waals surface area (Å²) in [5.41, 5.74) is 2.61. The van der Waals surface area contributed by atoms with E-state index in [9.17, 15) is 0 Å². The van der Waals surface area contributed by atoms with Crippen LogP contribution in [0.25, 0.3) is 0 Å². The standard InChI is InChI=1S/C12H16BrNO/c1-9-3-2-4-10(12(9)13)7-14-11-5-6-15-8-11/h2-4,11,14H,5-8H2,1H3/t11-/m1/s1. The molecule has 1 atom stereocenters. The zero-order valence-electron chi connectivity index (χ0n) is 8.92. The van der Waals surface area contributed by atoms with Crippen LogP contribution in [0, 0.1) is 6.92 Å². The molecule has 0 aromatic heterocycles. The maximum absolute atomic E-state index is 5.33. The summed E-state index contributed by atoms with van der Waals surface area (Å²) in [6.07, 6.45) is 1.13. The quantitative estimate of drug-likeness (QED) is 0.911. The molecule has 1 aliphatic rings. The summed E-state index contributed by atoms with van der Waals surface area (Å²) in [5, 5.41) is 3.51. The number of halogens is 1. The normalized spacial score (nSPS) is 20.8. The predicted molar refractivity (Wildman–Crippen MR) is 64.9 cm³/mol. The highest BCUT2D eigenvalue weighted by Gasteiger charge is 2.14. The highest BCUT2D eigenvalue weighted by atomic mass is 79.9. The van der Waals surface area contributed by atoms with Gasteiger partial charge < -0.3 is 10.1 Å². The summed E-state index contributed by atoms with van der Waals surface area (Å²) in [6.45, 7) is 4.78. The van der Waals surface area contributed by atoms with Crippen LogP contribution < -0.4 is 5.32 Å². The van der Waals surface area contributed by atoms with Crippen molar-refractivity contribution < 1.29 is 4.74 Å². The van der Waals surface area contributed by atoms with E-state index >= 15 is 0 Å². The summed E-state index contributed by atoms with van der Waals surface area (Å²) in [5.74, 6) is 0. The fourth-order valence-corrected chi connectivity index (χ4v) is 2.20. The van der Waals surface area contributed by atoms with Gasteiger partial charge in [0.15, 0.2) is 0 Å². The molecule has 1 aliphatic heterocycles. The fraction of sp³-hybridized carbons (Fsp3) is 0.500. The molecule has 0 aliphatic carbocycles. The number of nitrogens with one attached hydrogen (secondary N) is 1. The molecule has 15 heavy (non-hydrogen) atoms. The molecule has 1 N–H and O–H groups in total. The lowest BCUT2D eigenvalue weighted by Crippen LogP contribution is -2.28. The van der Waals surface area contributed by atoms with Crippen molar-refractivity contribution in [3.63, 3.8) is 0 Å². The van der Waals surface area contributed by atoms with Crippen LogP contribution in [0.2, 0.25) is 0 Å². The van der Waals surface area contributed by atoms with Gasteiger partial charge in [0.05, 0.1) is 6.61 Å². The first-order chi connectivity index (χ1) is 7.27. The van der Waals surface area contributed by atoms with Gasteiger partial charge in [-0.05, 0) is 24.5 Å². The Morgan fingerprint density at radius 1 is 1.53 bits per heavy atom. The minimum absolute atomic E-state index is 0.525. The first-order valence-corrected chi connectivity index (χ1v) is 6.12. The lowest BCUT2D eigenvalue weighted by molar-refractivity contribution is 0.190. The van der Waals surface area contributed by atoms with E-state index in [0.717, 1.165) is 26.2 Å².